The monoisotopic (exact) mass is 773 g/mol. The standard InChI is InChI=1S/C43H59N5O8/c1-27(49)43(8,9)56-39(53)47-35(41(2,3)4)37(51)46-33(25-28-16-12-11-13-17-28)34(50)26-31(45-38(52)36(42(5,6)7)48(10)40(54)55)24-29-19-21-30(22-20-29)32-18-14-15-23-44-32/h11-23,31,33-36,50H,24-26H2,1-10H3,(H,45,52)(H,46,51)(H,47,53)(H,54,55)/t31-,33-,34-,35+,36+/m0/s1. The quantitative estimate of drug-likeness (QED) is 0.120. The number of carboxylic acid groups (broad SMARTS) is 1. The zero-order chi connectivity index (χ0) is 42.0. The van der Waals surface area contributed by atoms with E-state index >= 15 is 0 Å². The summed E-state index contributed by atoms with van der Waals surface area (Å²) in [6, 6.07) is 18.8. The van der Waals surface area contributed by atoms with E-state index in [0.717, 1.165) is 27.3 Å². The Hall–Kier alpha value is -5.30. The number of Topliss-reactive ketones (excluding diaryl/α,β-unsaturated/α-hetero) is 1. The van der Waals surface area contributed by atoms with Gasteiger partial charge >= 0.3 is 12.2 Å². The summed E-state index contributed by atoms with van der Waals surface area (Å²) in [7, 11) is 1.35. The van der Waals surface area contributed by atoms with Crippen molar-refractivity contribution in [2.75, 3.05) is 7.05 Å². The molecule has 0 bridgehead atoms. The molecular weight excluding hydrogens is 714 g/mol. The Labute approximate surface area is 330 Å². The minimum Gasteiger partial charge on any atom is -0.465 e. The molecule has 2 aromatic carbocycles. The average molecular weight is 774 g/mol. The van der Waals surface area contributed by atoms with Gasteiger partial charge in [0.2, 0.25) is 11.8 Å². The highest BCUT2D eigenvalue weighted by atomic mass is 16.6. The first-order chi connectivity index (χ1) is 26.0. The summed E-state index contributed by atoms with van der Waals surface area (Å²) in [5, 5.41) is 30.5. The molecule has 0 spiro atoms. The van der Waals surface area contributed by atoms with Crippen molar-refractivity contribution < 1.29 is 38.9 Å². The molecule has 1 aromatic heterocycles. The molecular formula is C43H59N5O8. The first-order valence-electron chi connectivity index (χ1n) is 18.8. The normalized spacial score (nSPS) is 14.6. The average Bonchev–Trinajstić information content (AvgIpc) is 3.10. The van der Waals surface area contributed by atoms with Crippen molar-refractivity contribution in [3.63, 3.8) is 0 Å². The van der Waals surface area contributed by atoms with Crippen molar-refractivity contribution in [3.8, 4) is 11.3 Å². The number of aromatic nitrogens is 1. The number of nitrogens with zero attached hydrogens (tertiary/aromatic N) is 2. The summed E-state index contributed by atoms with van der Waals surface area (Å²) in [6.07, 6.45) is -1.28. The third-order valence-electron chi connectivity index (χ3n) is 9.70. The van der Waals surface area contributed by atoms with E-state index in [1.807, 2.05) is 72.8 Å². The first kappa shape index (κ1) is 45.1. The lowest BCUT2D eigenvalue weighted by molar-refractivity contribution is -0.132. The van der Waals surface area contributed by atoms with Crippen molar-refractivity contribution in [1.29, 1.82) is 0 Å². The fourth-order valence-electron chi connectivity index (χ4n) is 6.36. The number of aliphatic hydroxyl groups excluding tert-OH is 1. The number of ether oxygens (including phenoxy) is 1. The molecule has 0 radical (unpaired) electrons. The zero-order valence-corrected chi connectivity index (χ0v) is 34.3. The van der Waals surface area contributed by atoms with E-state index in [2.05, 4.69) is 20.9 Å². The molecule has 3 rings (SSSR count). The van der Waals surface area contributed by atoms with Crippen LogP contribution in [0.25, 0.3) is 11.3 Å². The van der Waals surface area contributed by atoms with Crippen molar-refractivity contribution in [1.82, 2.24) is 25.8 Å². The van der Waals surface area contributed by atoms with E-state index in [0.29, 0.717) is 0 Å². The van der Waals surface area contributed by atoms with E-state index in [9.17, 15) is 34.2 Å². The Morgan fingerprint density at radius 3 is 1.86 bits per heavy atom. The summed E-state index contributed by atoms with van der Waals surface area (Å²) in [5.41, 5.74) is 0.342. The lowest BCUT2D eigenvalue weighted by Gasteiger charge is -2.37. The zero-order valence-electron chi connectivity index (χ0n) is 34.3. The molecule has 56 heavy (non-hydrogen) atoms. The molecule has 3 aromatic rings. The molecule has 13 heteroatoms. The van der Waals surface area contributed by atoms with Gasteiger partial charge in [-0.2, -0.15) is 0 Å². The van der Waals surface area contributed by atoms with Crippen LogP contribution >= 0.6 is 0 Å². The first-order valence-corrected chi connectivity index (χ1v) is 18.8. The number of alkyl carbamates (subject to hydrolysis) is 1. The molecule has 0 saturated carbocycles. The third-order valence-corrected chi connectivity index (χ3v) is 9.70. The molecule has 1 heterocycles. The highest BCUT2D eigenvalue weighted by molar-refractivity contribution is 5.89. The Morgan fingerprint density at radius 2 is 1.34 bits per heavy atom. The summed E-state index contributed by atoms with van der Waals surface area (Å²) in [5.74, 6) is -1.49. The largest absolute Gasteiger partial charge is 0.465 e. The number of aliphatic hydroxyl groups is 1. The number of ketones is 1. The van der Waals surface area contributed by atoms with Gasteiger partial charge in [-0.25, -0.2) is 9.59 Å². The second-order valence-electron chi connectivity index (χ2n) is 17.0. The van der Waals surface area contributed by atoms with E-state index in [1.54, 1.807) is 47.7 Å². The molecule has 0 aliphatic carbocycles. The fraction of sp³-hybridized carbons (Fsp3) is 0.488. The van der Waals surface area contributed by atoms with E-state index in [1.165, 1.54) is 27.8 Å². The van der Waals surface area contributed by atoms with Crippen LogP contribution in [0.2, 0.25) is 0 Å². The van der Waals surface area contributed by atoms with Crippen LogP contribution in [0.1, 0.15) is 79.9 Å². The minimum atomic E-state index is -1.42. The van der Waals surface area contributed by atoms with E-state index in [4.69, 9.17) is 4.74 Å². The summed E-state index contributed by atoms with van der Waals surface area (Å²) >= 11 is 0. The smallest absolute Gasteiger partial charge is 0.408 e. The van der Waals surface area contributed by atoms with Gasteiger partial charge in [0, 0.05) is 24.8 Å². The molecule has 4 amide bonds. The Kier molecular flexibility index (Phi) is 15.3. The van der Waals surface area contributed by atoms with Gasteiger partial charge in [0.15, 0.2) is 11.4 Å². The van der Waals surface area contributed by atoms with Crippen LogP contribution in [0.3, 0.4) is 0 Å². The molecule has 0 unspecified atom stereocenters. The minimum absolute atomic E-state index is 0.0262. The number of pyridine rings is 1. The summed E-state index contributed by atoms with van der Waals surface area (Å²) in [6.45, 7) is 14.8. The van der Waals surface area contributed by atoms with Crippen LogP contribution in [0.5, 0.6) is 0 Å². The molecule has 0 saturated heterocycles. The van der Waals surface area contributed by atoms with Gasteiger partial charge in [0.25, 0.3) is 0 Å². The molecule has 304 valence electrons. The maximum absolute atomic E-state index is 14.1. The highest BCUT2D eigenvalue weighted by Gasteiger charge is 2.40. The molecule has 5 atom stereocenters. The van der Waals surface area contributed by atoms with Crippen LogP contribution in [-0.2, 0) is 32.0 Å². The molecule has 13 nitrogen and oxygen atoms in total. The van der Waals surface area contributed by atoms with Crippen molar-refractivity contribution in [2.24, 2.45) is 10.8 Å². The van der Waals surface area contributed by atoms with Crippen molar-refractivity contribution in [2.45, 2.75) is 117 Å². The number of carbonyl (C=O) groups is 5. The van der Waals surface area contributed by atoms with Gasteiger partial charge in [0.05, 0.1) is 17.8 Å². The van der Waals surface area contributed by atoms with Crippen molar-refractivity contribution in [3.05, 3.63) is 90.1 Å². The molecule has 0 aliphatic rings. The van der Waals surface area contributed by atoms with Gasteiger partial charge in [-0.1, -0.05) is 102 Å². The van der Waals surface area contributed by atoms with Crippen LogP contribution in [0.4, 0.5) is 9.59 Å². The van der Waals surface area contributed by atoms with Crippen LogP contribution in [0.15, 0.2) is 79.0 Å². The van der Waals surface area contributed by atoms with Gasteiger partial charge in [-0.3, -0.25) is 24.3 Å². The number of likely N-dealkylation sites (N-methyl/N-ethyl adjacent to an activating group) is 1. The number of benzene rings is 2. The lowest BCUT2D eigenvalue weighted by atomic mass is 9.84. The number of amides is 4. The summed E-state index contributed by atoms with van der Waals surface area (Å²) < 4.78 is 5.36. The Balaban J connectivity index is 1.98. The number of rotatable bonds is 16. The van der Waals surface area contributed by atoms with Gasteiger partial charge in [0.1, 0.15) is 12.1 Å². The highest BCUT2D eigenvalue weighted by Crippen LogP contribution is 2.26. The van der Waals surface area contributed by atoms with Crippen LogP contribution in [0, 0.1) is 10.8 Å². The molecule has 5 N–H and O–H groups in total. The number of hydrogen-bond acceptors (Lipinski definition) is 8. The molecule has 0 fully saturated rings. The predicted octanol–water partition coefficient (Wildman–Crippen LogP) is 5.79. The van der Waals surface area contributed by atoms with Gasteiger partial charge in [-0.15, -0.1) is 0 Å². The van der Waals surface area contributed by atoms with Crippen molar-refractivity contribution >= 4 is 29.8 Å². The van der Waals surface area contributed by atoms with Gasteiger partial charge < -0.3 is 30.9 Å². The topological polar surface area (TPSA) is 187 Å². The fourth-order valence-corrected chi connectivity index (χ4v) is 6.36. The van der Waals surface area contributed by atoms with Crippen LogP contribution in [-0.4, -0.2) is 92.8 Å². The number of carbonyl (C=O) groups excluding carboxylic acids is 4. The SMILES string of the molecule is CC(=O)C(C)(C)OC(=O)N[C@H](C(=O)N[C@@H](Cc1ccccc1)[C@@H](O)C[C@H](Cc1ccc(-c2ccccn2)cc1)NC(=O)[C@@H](N(C)C(=O)O)C(C)(C)C)C(C)(C)C. The number of nitrogens with one attached hydrogen (secondary N) is 3. The van der Waals surface area contributed by atoms with E-state index in [-0.39, 0.29) is 25.0 Å². The Morgan fingerprint density at radius 1 is 0.750 bits per heavy atom. The van der Waals surface area contributed by atoms with Crippen LogP contribution < -0.4 is 16.0 Å². The lowest BCUT2D eigenvalue weighted by Crippen LogP contribution is -2.59. The maximum atomic E-state index is 14.1. The molecule has 0 aliphatic heterocycles. The maximum Gasteiger partial charge on any atom is 0.408 e. The van der Waals surface area contributed by atoms with Gasteiger partial charge in [-0.05, 0) is 74.1 Å². The summed E-state index contributed by atoms with van der Waals surface area (Å²) in [4.78, 5) is 70.5. The third kappa shape index (κ3) is 13.2. The Bertz CT molecular complexity index is 1790. The van der Waals surface area contributed by atoms with E-state index < -0.39 is 70.7 Å². The predicted molar refractivity (Wildman–Crippen MR) is 215 cm³/mol. The second kappa shape index (κ2) is 19.0. The number of hydrogen-bond donors (Lipinski definition) is 5. The second-order valence-corrected chi connectivity index (χ2v) is 17.0.